The Hall–Kier alpha value is -2.18. The van der Waals surface area contributed by atoms with Crippen molar-refractivity contribution < 1.29 is 27.8 Å². The van der Waals surface area contributed by atoms with Crippen molar-refractivity contribution >= 4 is 12.0 Å². The summed E-state index contributed by atoms with van der Waals surface area (Å²) in [5.74, 6) is -2.14. The maximum Gasteiger partial charge on any atom is 0.573 e. The van der Waals surface area contributed by atoms with Crippen molar-refractivity contribution in [2.75, 3.05) is 0 Å². The van der Waals surface area contributed by atoms with Gasteiger partial charge in [0.25, 0.3) is 0 Å². The van der Waals surface area contributed by atoms with E-state index >= 15 is 0 Å². The quantitative estimate of drug-likeness (QED) is 0.800. The summed E-state index contributed by atoms with van der Waals surface area (Å²) in [5, 5.41) is 9.13. The average Bonchev–Trinajstić information content (AvgIpc) is 2.17. The highest BCUT2D eigenvalue weighted by atomic mass is 19.4. The molecular weight excluding hydrogens is 239 g/mol. The van der Waals surface area contributed by atoms with Crippen LogP contribution in [0.2, 0.25) is 0 Å². The Morgan fingerprint density at radius 3 is 2.59 bits per heavy atom. The second kappa shape index (κ2) is 4.77. The Morgan fingerprint density at radius 2 is 2.06 bits per heavy atom. The third kappa shape index (κ3) is 4.45. The molecule has 7 heteroatoms. The zero-order valence-electron chi connectivity index (χ0n) is 8.36. The smallest absolute Gasteiger partial charge is 0.504 e. The van der Waals surface area contributed by atoms with Gasteiger partial charge in [-0.3, -0.25) is 4.79 Å². The minimum Gasteiger partial charge on any atom is -0.504 e. The van der Waals surface area contributed by atoms with E-state index in [-0.39, 0.29) is 5.56 Å². The Kier molecular flexibility index (Phi) is 3.62. The van der Waals surface area contributed by atoms with Crippen molar-refractivity contribution in [2.24, 2.45) is 5.73 Å². The summed E-state index contributed by atoms with van der Waals surface area (Å²) in [6.45, 7) is 0. The van der Waals surface area contributed by atoms with E-state index in [1.54, 1.807) is 0 Å². The van der Waals surface area contributed by atoms with Gasteiger partial charge in [-0.1, -0.05) is 6.07 Å². The zero-order chi connectivity index (χ0) is 13.1. The predicted octanol–water partition coefficient (Wildman–Crippen LogP) is 1.79. The molecule has 0 aromatic heterocycles. The summed E-state index contributed by atoms with van der Waals surface area (Å²) in [7, 11) is 0. The highest BCUT2D eigenvalue weighted by molar-refractivity contribution is 5.90. The van der Waals surface area contributed by atoms with Crippen molar-refractivity contribution in [3.05, 3.63) is 29.8 Å². The summed E-state index contributed by atoms with van der Waals surface area (Å²) in [6, 6.07) is 3.25. The van der Waals surface area contributed by atoms with Gasteiger partial charge >= 0.3 is 6.36 Å². The minimum atomic E-state index is -4.90. The predicted molar refractivity (Wildman–Crippen MR) is 53.0 cm³/mol. The van der Waals surface area contributed by atoms with E-state index in [0.29, 0.717) is 0 Å². The number of benzene rings is 1. The monoisotopic (exact) mass is 247 g/mol. The van der Waals surface area contributed by atoms with E-state index in [9.17, 15) is 18.0 Å². The number of nitrogens with two attached hydrogens (primary N) is 1. The Balaban J connectivity index is 2.98. The second-order valence-corrected chi connectivity index (χ2v) is 3.01. The van der Waals surface area contributed by atoms with Gasteiger partial charge in [0.2, 0.25) is 5.91 Å². The van der Waals surface area contributed by atoms with Gasteiger partial charge in [0.15, 0.2) is 11.5 Å². The Morgan fingerprint density at radius 1 is 1.41 bits per heavy atom. The molecule has 17 heavy (non-hydrogen) atoms. The molecule has 0 heterocycles. The fourth-order valence-electron chi connectivity index (χ4n) is 1.02. The van der Waals surface area contributed by atoms with Gasteiger partial charge in [-0.05, 0) is 23.8 Å². The number of phenols is 1. The standard InChI is InChI=1S/C10H8F3NO3/c11-10(12,13)17-8-5-6(1-3-7(8)15)2-4-9(14)16/h1-5,15H,(H2,14,16)/b4-2-. The van der Waals surface area contributed by atoms with Crippen LogP contribution >= 0.6 is 0 Å². The number of rotatable bonds is 3. The van der Waals surface area contributed by atoms with Crippen LogP contribution in [-0.4, -0.2) is 17.4 Å². The first-order valence-corrected chi connectivity index (χ1v) is 4.34. The third-order valence-corrected chi connectivity index (χ3v) is 1.65. The van der Waals surface area contributed by atoms with E-state index in [1.165, 1.54) is 12.1 Å². The summed E-state index contributed by atoms with van der Waals surface area (Å²) in [4.78, 5) is 10.4. The van der Waals surface area contributed by atoms with E-state index in [1.807, 2.05) is 0 Å². The number of primary amides is 1. The molecule has 0 unspecified atom stereocenters. The van der Waals surface area contributed by atoms with E-state index in [0.717, 1.165) is 18.2 Å². The van der Waals surface area contributed by atoms with Gasteiger partial charge in [-0.15, -0.1) is 13.2 Å². The molecule has 3 N–H and O–H groups in total. The molecule has 0 saturated heterocycles. The molecule has 0 aliphatic carbocycles. The summed E-state index contributed by atoms with van der Waals surface area (Å²) < 4.78 is 39.4. The van der Waals surface area contributed by atoms with Gasteiger partial charge in [-0.2, -0.15) is 0 Å². The molecule has 1 rings (SSSR count). The molecule has 0 aliphatic rings. The van der Waals surface area contributed by atoms with Crippen molar-refractivity contribution in [2.45, 2.75) is 6.36 Å². The Bertz CT molecular complexity index is 455. The van der Waals surface area contributed by atoms with Gasteiger partial charge in [0.1, 0.15) is 0 Å². The van der Waals surface area contributed by atoms with Gasteiger partial charge < -0.3 is 15.6 Å². The van der Waals surface area contributed by atoms with Gasteiger partial charge in [0, 0.05) is 6.08 Å². The van der Waals surface area contributed by atoms with Crippen LogP contribution in [-0.2, 0) is 4.79 Å². The van der Waals surface area contributed by atoms with Crippen LogP contribution in [0.25, 0.3) is 6.08 Å². The lowest BCUT2D eigenvalue weighted by atomic mass is 10.2. The molecule has 0 radical (unpaired) electrons. The van der Waals surface area contributed by atoms with Crippen LogP contribution in [0.15, 0.2) is 24.3 Å². The normalized spacial score (nSPS) is 11.7. The highest BCUT2D eigenvalue weighted by Crippen LogP contribution is 2.32. The van der Waals surface area contributed by atoms with Crippen LogP contribution in [0.1, 0.15) is 5.56 Å². The van der Waals surface area contributed by atoms with Crippen molar-refractivity contribution in [1.29, 1.82) is 0 Å². The topological polar surface area (TPSA) is 72.6 Å². The van der Waals surface area contributed by atoms with E-state index in [4.69, 9.17) is 10.8 Å². The summed E-state index contributed by atoms with van der Waals surface area (Å²) in [5.41, 5.74) is 5.06. The molecular formula is C10H8F3NO3. The number of aromatic hydroxyl groups is 1. The van der Waals surface area contributed by atoms with Crippen LogP contribution in [0.5, 0.6) is 11.5 Å². The maximum absolute atomic E-state index is 11.9. The number of phenolic OH excluding ortho intramolecular Hbond substituents is 1. The maximum atomic E-state index is 11.9. The number of halogens is 3. The first kappa shape index (κ1) is 12.9. The first-order valence-electron chi connectivity index (χ1n) is 4.34. The number of carbonyl (C=O) groups excluding carboxylic acids is 1. The summed E-state index contributed by atoms with van der Waals surface area (Å²) in [6.07, 6.45) is -2.72. The number of carbonyl (C=O) groups is 1. The highest BCUT2D eigenvalue weighted by Gasteiger charge is 2.32. The minimum absolute atomic E-state index is 0.237. The molecule has 0 bridgehead atoms. The number of amides is 1. The molecule has 0 atom stereocenters. The molecule has 0 aliphatic heterocycles. The molecule has 0 saturated carbocycles. The van der Waals surface area contributed by atoms with E-state index < -0.39 is 23.8 Å². The lowest BCUT2D eigenvalue weighted by molar-refractivity contribution is -0.275. The number of ether oxygens (including phenoxy) is 1. The zero-order valence-corrected chi connectivity index (χ0v) is 8.36. The fraction of sp³-hybridized carbons (Fsp3) is 0.100. The lowest BCUT2D eigenvalue weighted by Gasteiger charge is -2.10. The average molecular weight is 247 g/mol. The first-order chi connectivity index (χ1) is 7.78. The number of alkyl halides is 3. The Labute approximate surface area is 94.1 Å². The van der Waals surface area contributed by atoms with Gasteiger partial charge in [0.05, 0.1) is 0 Å². The number of hydrogen-bond acceptors (Lipinski definition) is 3. The molecule has 0 spiro atoms. The van der Waals surface area contributed by atoms with Gasteiger partial charge in [-0.25, -0.2) is 0 Å². The van der Waals surface area contributed by atoms with Crippen LogP contribution in [0.4, 0.5) is 13.2 Å². The van der Waals surface area contributed by atoms with Crippen LogP contribution in [0.3, 0.4) is 0 Å². The second-order valence-electron chi connectivity index (χ2n) is 3.01. The fourth-order valence-corrected chi connectivity index (χ4v) is 1.02. The molecule has 0 fully saturated rings. The van der Waals surface area contributed by atoms with Crippen LogP contribution in [0, 0.1) is 0 Å². The molecule has 4 nitrogen and oxygen atoms in total. The molecule has 92 valence electrons. The number of hydrogen-bond donors (Lipinski definition) is 2. The van der Waals surface area contributed by atoms with Crippen molar-refractivity contribution in [1.82, 2.24) is 0 Å². The van der Waals surface area contributed by atoms with Crippen molar-refractivity contribution in [3.63, 3.8) is 0 Å². The molecule has 1 aromatic carbocycles. The third-order valence-electron chi connectivity index (χ3n) is 1.65. The van der Waals surface area contributed by atoms with E-state index in [2.05, 4.69) is 4.74 Å². The van der Waals surface area contributed by atoms with Crippen molar-refractivity contribution in [3.8, 4) is 11.5 Å². The molecule has 1 amide bonds. The lowest BCUT2D eigenvalue weighted by Crippen LogP contribution is -2.17. The SMILES string of the molecule is NC(=O)/C=C\c1ccc(O)c(OC(F)(F)F)c1. The largest absolute Gasteiger partial charge is 0.573 e. The summed E-state index contributed by atoms with van der Waals surface area (Å²) >= 11 is 0. The van der Waals surface area contributed by atoms with Crippen LogP contribution < -0.4 is 10.5 Å². The molecule has 1 aromatic rings.